The van der Waals surface area contributed by atoms with Crippen molar-refractivity contribution in [2.24, 2.45) is 0 Å². The number of hydrogen-bond acceptors (Lipinski definition) is 1. The lowest BCUT2D eigenvalue weighted by atomic mass is 10.5. The SMILES string of the molecule is CN(C)CCCP(C)C. The van der Waals surface area contributed by atoms with Gasteiger partial charge in [0.15, 0.2) is 0 Å². The zero-order chi connectivity index (χ0) is 7.28. The van der Waals surface area contributed by atoms with Crippen molar-refractivity contribution in [1.29, 1.82) is 0 Å². The van der Waals surface area contributed by atoms with Gasteiger partial charge in [-0.05, 0) is 46.6 Å². The maximum atomic E-state index is 2.34. The topological polar surface area (TPSA) is 3.24 Å². The van der Waals surface area contributed by atoms with Crippen molar-refractivity contribution in [2.75, 3.05) is 40.1 Å². The van der Waals surface area contributed by atoms with Gasteiger partial charge in [0.05, 0.1) is 0 Å². The Morgan fingerprint density at radius 1 is 1.22 bits per heavy atom. The minimum absolute atomic E-state index is 0.342. The van der Waals surface area contributed by atoms with Gasteiger partial charge < -0.3 is 4.90 Å². The molecule has 0 saturated carbocycles. The molecule has 0 saturated heterocycles. The summed E-state index contributed by atoms with van der Waals surface area (Å²) < 4.78 is 0. The van der Waals surface area contributed by atoms with Gasteiger partial charge in [0.2, 0.25) is 0 Å². The third-order valence-corrected chi connectivity index (χ3v) is 2.42. The Morgan fingerprint density at radius 3 is 2.11 bits per heavy atom. The molecule has 0 aromatic rings. The molecule has 0 aromatic carbocycles. The largest absolute Gasteiger partial charge is 0.309 e. The second kappa shape index (κ2) is 5.20. The Kier molecular flexibility index (Phi) is 5.42. The van der Waals surface area contributed by atoms with E-state index in [-0.39, 0.29) is 0 Å². The lowest BCUT2D eigenvalue weighted by Gasteiger charge is -2.10. The number of rotatable bonds is 4. The molecule has 2 heteroatoms. The van der Waals surface area contributed by atoms with Crippen molar-refractivity contribution in [3.05, 3.63) is 0 Å². The summed E-state index contributed by atoms with van der Waals surface area (Å²) in [5.41, 5.74) is 0. The summed E-state index contributed by atoms with van der Waals surface area (Å²) in [4.78, 5) is 2.25. The Labute approximate surface area is 60.2 Å². The van der Waals surface area contributed by atoms with Crippen LogP contribution < -0.4 is 0 Å². The molecular weight excluding hydrogens is 129 g/mol. The first kappa shape index (κ1) is 9.39. The summed E-state index contributed by atoms with van der Waals surface area (Å²) in [5.74, 6) is 0. The average molecular weight is 147 g/mol. The van der Waals surface area contributed by atoms with E-state index < -0.39 is 0 Å². The third-order valence-electron chi connectivity index (χ3n) is 1.21. The third kappa shape index (κ3) is 8.39. The van der Waals surface area contributed by atoms with Crippen LogP contribution in [0.1, 0.15) is 6.42 Å². The molecule has 0 atom stereocenters. The highest BCUT2D eigenvalue weighted by molar-refractivity contribution is 7.55. The Balaban J connectivity index is 2.91. The molecule has 0 aliphatic rings. The fraction of sp³-hybridized carbons (Fsp3) is 1.00. The molecule has 0 rings (SSSR count). The van der Waals surface area contributed by atoms with Gasteiger partial charge in [0, 0.05) is 0 Å². The van der Waals surface area contributed by atoms with Gasteiger partial charge in [-0.2, -0.15) is 0 Å². The Hall–Kier alpha value is 0.390. The lowest BCUT2D eigenvalue weighted by Crippen LogP contribution is -2.13. The van der Waals surface area contributed by atoms with E-state index >= 15 is 0 Å². The van der Waals surface area contributed by atoms with Crippen molar-refractivity contribution >= 4 is 7.92 Å². The molecule has 0 heterocycles. The van der Waals surface area contributed by atoms with E-state index in [1.54, 1.807) is 0 Å². The molecule has 0 spiro atoms. The van der Waals surface area contributed by atoms with E-state index in [1.165, 1.54) is 19.1 Å². The first-order valence-electron chi connectivity index (χ1n) is 3.42. The quantitative estimate of drug-likeness (QED) is 0.547. The molecule has 0 radical (unpaired) electrons. The first-order chi connectivity index (χ1) is 4.13. The van der Waals surface area contributed by atoms with Gasteiger partial charge in [0.25, 0.3) is 0 Å². The maximum absolute atomic E-state index is 2.34. The molecule has 1 nitrogen and oxygen atoms in total. The molecule has 0 N–H and O–H groups in total. The van der Waals surface area contributed by atoms with Gasteiger partial charge in [0.1, 0.15) is 0 Å². The predicted molar refractivity (Wildman–Crippen MR) is 46.8 cm³/mol. The van der Waals surface area contributed by atoms with Crippen LogP contribution in [0.25, 0.3) is 0 Å². The highest BCUT2D eigenvalue weighted by Gasteiger charge is 1.92. The molecule has 56 valence electrons. The predicted octanol–water partition coefficient (Wildman–Crippen LogP) is 1.68. The van der Waals surface area contributed by atoms with Crippen molar-refractivity contribution in [1.82, 2.24) is 4.90 Å². The van der Waals surface area contributed by atoms with Crippen LogP contribution in [0, 0.1) is 0 Å². The summed E-state index contributed by atoms with van der Waals surface area (Å²) >= 11 is 0. The second-order valence-corrected chi connectivity index (χ2v) is 5.57. The van der Waals surface area contributed by atoms with Crippen LogP contribution in [-0.4, -0.2) is 45.0 Å². The van der Waals surface area contributed by atoms with Crippen molar-refractivity contribution in [3.63, 3.8) is 0 Å². The van der Waals surface area contributed by atoms with Gasteiger partial charge in [-0.1, -0.05) is 0 Å². The summed E-state index contributed by atoms with van der Waals surface area (Å²) in [6, 6.07) is 0. The van der Waals surface area contributed by atoms with Crippen LogP contribution in [-0.2, 0) is 0 Å². The minimum atomic E-state index is 0.342. The number of nitrogens with zero attached hydrogens (tertiary/aromatic N) is 1. The molecule has 0 bridgehead atoms. The minimum Gasteiger partial charge on any atom is -0.309 e. The van der Waals surface area contributed by atoms with E-state index in [1.807, 2.05) is 0 Å². The summed E-state index contributed by atoms with van der Waals surface area (Å²) in [7, 11) is 4.61. The molecule has 0 aliphatic carbocycles. The van der Waals surface area contributed by atoms with Crippen molar-refractivity contribution in [2.45, 2.75) is 6.42 Å². The lowest BCUT2D eigenvalue weighted by molar-refractivity contribution is 0.409. The maximum Gasteiger partial charge on any atom is -0.00215 e. The monoisotopic (exact) mass is 147 g/mol. The van der Waals surface area contributed by atoms with Gasteiger partial charge >= 0.3 is 0 Å². The Bertz CT molecular complexity index is 53.9. The standard InChI is InChI=1S/C7H18NP/c1-8(2)6-5-7-9(3)4/h5-7H2,1-4H3. The smallest absolute Gasteiger partial charge is 0.00215 e. The van der Waals surface area contributed by atoms with Crippen molar-refractivity contribution in [3.8, 4) is 0 Å². The highest BCUT2D eigenvalue weighted by atomic mass is 31.1. The summed E-state index contributed by atoms with van der Waals surface area (Å²) in [6.45, 7) is 5.93. The zero-order valence-electron chi connectivity index (χ0n) is 7.02. The van der Waals surface area contributed by atoms with E-state index in [9.17, 15) is 0 Å². The fourth-order valence-corrected chi connectivity index (χ4v) is 1.48. The Morgan fingerprint density at radius 2 is 1.78 bits per heavy atom. The normalized spacial score (nSPS) is 11.3. The van der Waals surface area contributed by atoms with E-state index in [4.69, 9.17) is 0 Å². The van der Waals surface area contributed by atoms with E-state index in [2.05, 4.69) is 32.3 Å². The summed E-state index contributed by atoms with van der Waals surface area (Å²) in [5, 5.41) is 0. The second-order valence-electron chi connectivity index (χ2n) is 2.96. The van der Waals surface area contributed by atoms with Gasteiger partial charge in [-0.25, -0.2) is 0 Å². The van der Waals surface area contributed by atoms with Gasteiger partial charge in [-0.15, -0.1) is 7.92 Å². The highest BCUT2D eigenvalue weighted by Crippen LogP contribution is 2.24. The van der Waals surface area contributed by atoms with Crippen LogP contribution in [0.5, 0.6) is 0 Å². The molecule has 0 fully saturated rings. The molecular formula is C7H18NP. The van der Waals surface area contributed by atoms with Crippen LogP contribution >= 0.6 is 7.92 Å². The van der Waals surface area contributed by atoms with Crippen LogP contribution in [0.2, 0.25) is 0 Å². The summed E-state index contributed by atoms with van der Waals surface area (Å²) in [6.07, 6.45) is 2.79. The molecule has 0 aliphatic heterocycles. The molecule has 0 amide bonds. The zero-order valence-corrected chi connectivity index (χ0v) is 7.91. The van der Waals surface area contributed by atoms with Crippen molar-refractivity contribution < 1.29 is 0 Å². The molecule has 0 aromatic heterocycles. The first-order valence-corrected chi connectivity index (χ1v) is 5.84. The average Bonchev–Trinajstić information content (AvgIpc) is 1.63. The van der Waals surface area contributed by atoms with E-state index in [0.29, 0.717) is 7.92 Å². The van der Waals surface area contributed by atoms with Crippen LogP contribution in [0.3, 0.4) is 0 Å². The molecule has 0 unspecified atom stereocenters. The van der Waals surface area contributed by atoms with Gasteiger partial charge in [-0.3, -0.25) is 0 Å². The van der Waals surface area contributed by atoms with E-state index in [0.717, 1.165) is 0 Å². The molecule has 9 heavy (non-hydrogen) atoms. The van der Waals surface area contributed by atoms with Crippen LogP contribution in [0.15, 0.2) is 0 Å². The number of hydrogen-bond donors (Lipinski definition) is 0. The van der Waals surface area contributed by atoms with Crippen LogP contribution in [0.4, 0.5) is 0 Å². The fourth-order valence-electron chi connectivity index (χ4n) is 0.703.